The molecule has 1 heterocycles. The third-order valence-corrected chi connectivity index (χ3v) is 4.67. The van der Waals surface area contributed by atoms with E-state index in [4.69, 9.17) is 4.74 Å². The lowest BCUT2D eigenvalue weighted by Crippen LogP contribution is -2.42. The number of carbonyl (C=O) groups is 1. The topological polar surface area (TPSA) is 41.6 Å². The Morgan fingerprint density at radius 3 is 2.75 bits per heavy atom. The molecule has 0 spiro atoms. The molecule has 0 radical (unpaired) electrons. The summed E-state index contributed by atoms with van der Waals surface area (Å²) in [6.07, 6.45) is 9.60. The average Bonchev–Trinajstić information content (AvgIpc) is 2.44. The number of halogens is 1. The Balaban J connectivity index is 1.93. The van der Waals surface area contributed by atoms with E-state index in [1.54, 1.807) is 0 Å². The fourth-order valence-electron chi connectivity index (χ4n) is 3.09. The minimum Gasteiger partial charge on any atom is -0.444 e. The number of alkyl carbamates (subject to hydrolysis) is 1. The molecule has 1 saturated carbocycles. The van der Waals surface area contributed by atoms with Crippen molar-refractivity contribution in [1.29, 1.82) is 0 Å². The molecule has 0 aromatic carbocycles. The number of ether oxygens (including phenoxy) is 1. The molecule has 1 aliphatic heterocycles. The summed E-state index contributed by atoms with van der Waals surface area (Å²) >= 11 is 3.46. The van der Waals surface area contributed by atoms with Crippen LogP contribution in [0.2, 0.25) is 0 Å². The fourth-order valence-corrected chi connectivity index (χ4v) is 3.48. The SMILES string of the molecule is C=C1C=C(Br)C=CN1C(=C)[C@H]1CCC[C@@H](NC(=O)OC(C)(C)C)C1. The smallest absolute Gasteiger partial charge is 0.407 e. The number of nitrogens with zero attached hydrogens (tertiary/aromatic N) is 1. The molecule has 24 heavy (non-hydrogen) atoms. The van der Waals surface area contributed by atoms with Crippen molar-refractivity contribution < 1.29 is 9.53 Å². The number of nitrogens with one attached hydrogen (secondary N) is 1. The normalized spacial score (nSPS) is 24.4. The lowest BCUT2D eigenvalue weighted by molar-refractivity contribution is 0.0486. The molecule has 132 valence electrons. The van der Waals surface area contributed by atoms with E-state index in [0.29, 0.717) is 5.92 Å². The van der Waals surface area contributed by atoms with Gasteiger partial charge in [0.25, 0.3) is 0 Å². The Labute approximate surface area is 153 Å². The highest BCUT2D eigenvalue weighted by Gasteiger charge is 2.29. The van der Waals surface area contributed by atoms with Gasteiger partial charge in [-0.3, -0.25) is 0 Å². The highest BCUT2D eigenvalue weighted by atomic mass is 79.9. The van der Waals surface area contributed by atoms with Crippen LogP contribution in [0.1, 0.15) is 46.5 Å². The molecule has 1 amide bonds. The molecule has 2 aliphatic rings. The molecule has 0 aromatic rings. The Hall–Kier alpha value is -1.49. The fraction of sp³-hybridized carbons (Fsp3) is 0.526. The third kappa shape index (κ3) is 5.26. The van der Waals surface area contributed by atoms with Gasteiger partial charge in [-0.1, -0.05) is 35.5 Å². The Morgan fingerprint density at radius 2 is 2.12 bits per heavy atom. The van der Waals surface area contributed by atoms with E-state index in [1.807, 2.05) is 44.0 Å². The van der Waals surface area contributed by atoms with Crippen LogP contribution in [0.4, 0.5) is 4.79 Å². The minimum absolute atomic E-state index is 0.125. The van der Waals surface area contributed by atoms with Crippen molar-refractivity contribution in [1.82, 2.24) is 10.2 Å². The first-order chi connectivity index (χ1) is 11.2. The number of hydrogen-bond donors (Lipinski definition) is 1. The van der Waals surface area contributed by atoms with Crippen LogP contribution in [0, 0.1) is 5.92 Å². The maximum Gasteiger partial charge on any atom is 0.407 e. The van der Waals surface area contributed by atoms with Crippen molar-refractivity contribution in [2.45, 2.75) is 58.1 Å². The highest BCUT2D eigenvalue weighted by Crippen LogP contribution is 2.34. The molecule has 2 rings (SSSR count). The van der Waals surface area contributed by atoms with Gasteiger partial charge in [-0.15, -0.1) is 0 Å². The van der Waals surface area contributed by atoms with Crippen molar-refractivity contribution in [2.75, 3.05) is 0 Å². The van der Waals surface area contributed by atoms with Gasteiger partial charge in [-0.25, -0.2) is 4.79 Å². The van der Waals surface area contributed by atoms with E-state index < -0.39 is 5.60 Å². The molecule has 0 saturated heterocycles. The first kappa shape index (κ1) is 18.8. The first-order valence-corrected chi connectivity index (χ1v) is 9.17. The molecular weight excluding hydrogens is 368 g/mol. The van der Waals surface area contributed by atoms with Crippen LogP contribution in [-0.2, 0) is 4.74 Å². The van der Waals surface area contributed by atoms with Gasteiger partial charge in [-0.05, 0) is 52.2 Å². The van der Waals surface area contributed by atoms with Crippen LogP contribution >= 0.6 is 15.9 Å². The predicted octanol–water partition coefficient (Wildman–Crippen LogP) is 5.21. The lowest BCUT2D eigenvalue weighted by Gasteiger charge is -2.36. The van der Waals surface area contributed by atoms with Crippen molar-refractivity contribution in [3.8, 4) is 0 Å². The van der Waals surface area contributed by atoms with Crippen LogP contribution in [0.5, 0.6) is 0 Å². The molecule has 4 nitrogen and oxygen atoms in total. The number of amides is 1. The zero-order valence-corrected chi connectivity index (χ0v) is 16.4. The zero-order valence-electron chi connectivity index (χ0n) is 14.8. The molecule has 2 atom stereocenters. The summed E-state index contributed by atoms with van der Waals surface area (Å²) < 4.78 is 6.36. The van der Waals surface area contributed by atoms with E-state index in [2.05, 4.69) is 34.4 Å². The second-order valence-corrected chi connectivity index (χ2v) is 8.32. The van der Waals surface area contributed by atoms with E-state index in [1.165, 1.54) is 0 Å². The average molecular weight is 395 g/mol. The maximum atomic E-state index is 12.0. The number of carbonyl (C=O) groups excluding carboxylic acids is 1. The number of hydrogen-bond acceptors (Lipinski definition) is 3. The summed E-state index contributed by atoms with van der Waals surface area (Å²) in [4.78, 5) is 14.0. The van der Waals surface area contributed by atoms with Crippen molar-refractivity contribution in [3.05, 3.63) is 47.4 Å². The van der Waals surface area contributed by atoms with Gasteiger partial charge < -0.3 is 15.0 Å². The van der Waals surface area contributed by atoms with Gasteiger partial charge in [0.1, 0.15) is 5.60 Å². The second kappa shape index (κ2) is 7.60. The zero-order chi connectivity index (χ0) is 17.9. The minimum atomic E-state index is -0.474. The molecule has 0 bridgehead atoms. The largest absolute Gasteiger partial charge is 0.444 e. The molecule has 5 heteroatoms. The van der Waals surface area contributed by atoms with Crippen molar-refractivity contribution in [3.63, 3.8) is 0 Å². The van der Waals surface area contributed by atoms with Gasteiger partial charge in [0.15, 0.2) is 0 Å². The van der Waals surface area contributed by atoms with Gasteiger partial charge in [0, 0.05) is 34.0 Å². The van der Waals surface area contributed by atoms with Crippen LogP contribution in [0.3, 0.4) is 0 Å². The Bertz CT molecular complexity index is 587. The van der Waals surface area contributed by atoms with Crippen LogP contribution in [0.15, 0.2) is 47.4 Å². The van der Waals surface area contributed by atoms with Crippen LogP contribution in [0.25, 0.3) is 0 Å². The molecule has 0 aromatic heterocycles. The lowest BCUT2D eigenvalue weighted by atomic mass is 9.83. The second-order valence-electron chi connectivity index (χ2n) is 7.40. The Kier molecular flexibility index (Phi) is 5.97. The van der Waals surface area contributed by atoms with Gasteiger partial charge in [0.05, 0.1) is 0 Å². The highest BCUT2D eigenvalue weighted by molar-refractivity contribution is 9.11. The number of allylic oxidation sites excluding steroid dienone is 4. The monoisotopic (exact) mass is 394 g/mol. The van der Waals surface area contributed by atoms with Crippen LogP contribution in [-0.4, -0.2) is 22.6 Å². The molecule has 0 unspecified atom stereocenters. The van der Waals surface area contributed by atoms with Crippen molar-refractivity contribution >= 4 is 22.0 Å². The summed E-state index contributed by atoms with van der Waals surface area (Å²) in [5, 5.41) is 3.00. The number of rotatable bonds is 3. The Morgan fingerprint density at radius 1 is 1.42 bits per heavy atom. The third-order valence-electron chi connectivity index (χ3n) is 4.17. The van der Waals surface area contributed by atoms with E-state index in [-0.39, 0.29) is 12.1 Å². The van der Waals surface area contributed by atoms with Crippen LogP contribution < -0.4 is 5.32 Å². The van der Waals surface area contributed by atoms with E-state index in [0.717, 1.165) is 41.6 Å². The van der Waals surface area contributed by atoms with Crippen molar-refractivity contribution in [2.24, 2.45) is 5.92 Å². The summed E-state index contributed by atoms with van der Waals surface area (Å²) in [6.45, 7) is 14.0. The summed E-state index contributed by atoms with van der Waals surface area (Å²) in [6, 6.07) is 0.125. The van der Waals surface area contributed by atoms with Gasteiger partial charge >= 0.3 is 6.09 Å². The van der Waals surface area contributed by atoms with Gasteiger partial charge in [0.2, 0.25) is 0 Å². The molecule has 1 aliphatic carbocycles. The van der Waals surface area contributed by atoms with E-state index in [9.17, 15) is 4.79 Å². The summed E-state index contributed by atoms with van der Waals surface area (Å²) in [5.41, 5.74) is 1.46. The van der Waals surface area contributed by atoms with Gasteiger partial charge in [-0.2, -0.15) is 0 Å². The first-order valence-electron chi connectivity index (χ1n) is 8.37. The molecule has 1 fully saturated rings. The quantitative estimate of drug-likeness (QED) is 0.714. The summed E-state index contributed by atoms with van der Waals surface area (Å²) in [5.74, 6) is 0.324. The molecule has 1 N–H and O–H groups in total. The standard InChI is InChI=1S/C19H27BrN2O2/c1-13-11-16(20)9-10-22(13)14(2)15-7-6-8-17(12-15)21-18(23)24-19(3,4)5/h9-11,15,17H,1-2,6-8,12H2,3-5H3,(H,21,23)/t15-,17+/m0/s1. The van der Waals surface area contributed by atoms with E-state index >= 15 is 0 Å². The maximum absolute atomic E-state index is 12.0. The molecular formula is C19H27BrN2O2. The predicted molar refractivity (Wildman–Crippen MR) is 101 cm³/mol. The summed E-state index contributed by atoms with van der Waals surface area (Å²) in [7, 11) is 0.